The minimum absolute atomic E-state index is 0.00255. The molecule has 2 aliphatic carbocycles. The molecule has 4 nitrogen and oxygen atoms in total. The molecule has 0 bridgehead atoms. The van der Waals surface area contributed by atoms with E-state index in [0.717, 1.165) is 32.2 Å². The van der Waals surface area contributed by atoms with E-state index in [1.165, 1.54) is 25.7 Å². The summed E-state index contributed by atoms with van der Waals surface area (Å²) in [5.41, 5.74) is 0.0627. The van der Waals surface area contributed by atoms with Gasteiger partial charge in [-0.3, -0.25) is 9.59 Å². The fourth-order valence-corrected chi connectivity index (χ4v) is 4.90. The third-order valence-corrected chi connectivity index (χ3v) is 6.01. The zero-order valence-electron chi connectivity index (χ0n) is 14.1. The van der Waals surface area contributed by atoms with Gasteiger partial charge in [0.1, 0.15) is 0 Å². The van der Waals surface area contributed by atoms with E-state index in [1.54, 1.807) is 0 Å². The lowest BCUT2D eigenvalue weighted by atomic mass is 9.76. The zero-order chi connectivity index (χ0) is 15.7. The van der Waals surface area contributed by atoms with E-state index in [1.807, 2.05) is 18.7 Å². The average Bonchev–Trinajstić information content (AvgIpc) is 3.19. The number of rotatable bonds is 3. The van der Waals surface area contributed by atoms with E-state index in [0.29, 0.717) is 12.5 Å². The van der Waals surface area contributed by atoms with Crippen LogP contribution < -0.4 is 5.32 Å². The van der Waals surface area contributed by atoms with Crippen molar-refractivity contribution in [1.29, 1.82) is 0 Å². The molecular formula is C18H30N2O2. The highest BCUT2D eigenvalue weighted by Crippen LogP contribution is 2.49. The van der Waals surface area contributed by atoms with Gasteiger partial charge in [-0.05, 0) is 39.5 Å². The summed E-state index contributed by atoms with van der Waals surface area (Å²) in [6, 6.07) is 0.172. The summed E-state index contributed by atoms with van der Waals surface area (Å²) >= 11 is 0. The van der Waals surface area contributed by atoms with Crippen molar-refractivity contribution in [3.05, 3.63) is 0 Å². The Morgan fingerprint density at radius 2 is 1.73 bits per heavy atom. The average molecular weight is 306 g/mol. The van der Waals surface area contributed by atoms with Gasteiger partial charge in [-0.15, -0.1) is 0 Å². The van der Waals surface area contributed by atoms with Crippen LogP contribution in [0.25, 0.3) is 0 Å². The summed E-state index contributed by atoms with van der Waals surface area (Å²) in [7, 11) is 0. The molecule has 2 saturated carbocycles. The number of amides is 2. The fraction of sp³-hybridized carbons (Fsp3) is 0.889. The lowest BCUT2D eigenvalue weighted by Crippen LogP contribution is -2.42. The second kappa shape index (κ2) is 6.21. The third kappa shape index (κ3) is 2.89. The third-order valence-electron chi connectivity index (χ3n) is 6.01. The highest BCUT2D eigenvalue weighted by atomic mass is 16.2. The van der Waals surface area contributed by atoms with Gasteiger partial charge in [-0.2, -0.15) is 0 Å². The van der Waals surface area contributed by atoms with Gasteiger partial charge in [-0.1, -0.05) is 25.7 Å². The van der Waals surface area contributed by atoms with Gasteiger partial charge in [0.05, 0.1) is 5.92 Å². The van der Waals surface area contributed by atoms with Crippen molar-refractivity contribution in [2.45, 2.75) is 71.3 Å². The largest absolute Gasteiger partial charge is 0.354 e. The Hall–Kier alpha value is -1.06. The first-order valence-electron chi connectivity index (χ1n) is 9.11. The molecule has 1 saturated heterocycles. The molecule has 0 aromatic rings. The second-order valence-corrected chi connectivity index (χ2v) is 7.99. The van der Waals surface area contributed by atoms with Crippen molar-refractivity contribution >= 4 is 11.8 Å². The first-order valence-corrected chi connectivity index (χ1v) is 9.11. The van der Waals surface area contributed by atoms with Crippen molar-refractivity contribution in [1.82, 2.24) is 10.2 Å². The minimum atomic E-state index is 0.00255. The Morgan fingerprint density at radius 1 is 1.09 bits per heavy atom. The number of hydrogen-bond donors (Lipinski definition) is 1. The standard InChI is InChI=1S/C18H30N2O2/c1-13(2)19-16(21)15-11-20(12-18(15)9-5-6-10-18)17(22)14-7-3-4-8-14/h13-15H,3-12H2,1-2H3,(H,19,21). The Labute approximate surface area is 134 Å². The number of carbonyl (C=O) groups is 2. The topological polar surface area (TPSA) is 49.4 Å². The number of nitrogens with zero attached hydrogens (tertiary/aromatic N) is 1. The van der Waals surface area contributed by atoms with Gasteiger partial charge in [0, 0.05) is 30.5 Å². The predicted octanol–water partition coefficient (Wildman–Crippen LogP) is 2.72. The van der Waals surface area contributed by atoms with Crippen molar-refractivity contribution in [2.24, 2.45) is 17.3 Å². The molecule has 1 heterocycles. The van der Waals surface area contributed by atoms with Gasteiger partial charge in [0.15, 0.2) is 0 Å². The van der Waals surface area contributed by atoms with Crippen LogP contribution in [0, 0.1) is 17.3 Å². The van der Waals surface area contributed by atoms with E-state index in [2.05, 4.69) is 5.32 Å². The summed E-state index contributed by atoms with van der Waals surface area (Å²) in [6.07, 6.45) is 9.10. The highest BCUT2D eigenvalue weighted by molar-refractivity contribution is 5.84. The molecule has 0 radical (unpaired) electrons. The number of hydrogen-bond acceptors (Lipinski definition) is 2. The summed E-state index contributed by atoms with van der Waals surface area (Å²) in [5.74, 6) is 0.718. The highest BCUT2D eigenvalue weighted by Gasteiger charge is 2.52. The molecular weight excluding hydrogens is 276 g/mol. The molecule has 3 aliphatic rings. The van der Waals surface area contributed by atoms with Gasteiger partial charge < -0.3 is 10.2 Å². The van der Waals surface area contributed by atoms with E-state index >= 15 is 0 Å². The molecule has 1 N–H and O–H groups in total. The molecule has 2 amide bonds. The van der Waals surface area contributed by atoms with Crippen LogP contribution >= 0.6 is 0 Å². The second-order valence-electron chi connectivity index (χ2n) is 7.99. The molecule has 4 heteroatoms. The Morgan fingerprint density at radius 3 is 2.32 bits per heavy atom. The van der Waals surface area contributed by atoms with E-state index in [-0.39, 0.29) is 29.2 Å². The first kappa shape index (κ1) is 15.8. The molecule has 3 fully saturated rings. The van der Waals surface area contributed by atoms with E-state index in [9.17, 15) is 9.59 Å². The Bertz CT molecular complexity index is 434. The molecule has 1 spiro atoms. The molecule has 22 heavy (non-hydrogen) atoms. The molecule has 0 aromatic carbocycles. The van der Waals surface area contributed by atoms with Crippen LogP contribution in [-0.2, 0) is 9.59 Å². The lowest BCUT2D eigenvalue weighted by molar-refractivity contribution is -0.134. The normalized spacial score (nSPS) is 28.0. The van der Waals surface area contributed by atoms with Crippen molar-refractivity contribution < 1.29 is 9.59 Å². The van der Waals surface area contributed by atoms with E-state index < -0.39 is 0 Å². The maximum Gasteiger partial charge on any atom is 0.225 e. The van der Waals surface area contributed by atoms with Gasteiger partial charge in [-0.25, -0.2) is 0 Å². The Kier molecular flexibility index (Phi) is 4.47. The molecule has 0 aromatic heterocycles. The summed E-state index contributed by atoms with van der Waals surface area (Å²) in [4.78, 5) is 27.5. The predicted molar refractivity (Wildman–Crippen MR) is 86.2 cm³/mol. The zero-order valence-corrected chi connectivity index (χ0v) is 14.1. The van der Waals surface area contributed by atoms with Gasteiger partial charge in [0.25, 0.3) is 0 Å². The molecule has 1 unspecified atom stereocenters. The van der Waals surface area contributed by atoms with Gasteiger partial charge >= 0.3 is 0 Å². The molecule has 3 rings (SSSR count). The van der Waals surface area contributed by atoms with E-state index in [4.69, 9.17) is 0 Å². The first-order chi connectivity index (χ1) is 10.5. The molecule has 124 valence electrons. The molecule has 1 aliphatic heterocycles. The number of likely N-dealkylation sites (tertiary alicyclic amines) is 1. The number of nitrogens with one attached hydrogen (secondary N) is 1. The van der Waals surface area contributed by atoms with Crippen LogP contribution in [0.3, 0.4) is 0 Å². The summed E-state index contributed by atoms with van der Waals surface area (Å²) in [5, 5.41) is 3.09. The lowest BCUT2D eigenvalue weighted by Gasteiger charge is -2.29. The SMILES string of the molecule is CC(C)NC(=O)C1CN(C(=O)C2CCCC2)CC12CCCC2. The maximum absolute atomic E-state index is 12.8. The quantitative estimate of drug-likeness (QED) is 0.871. The monoisotopic (exact) mass is 306 g/mol. The van der Waals surface area contributed by atoms with Crippen molar-refractivity contribution in [3.8, 4) is 0 Å². The minimum Gasteiger partial charge on any atom is -0.354 e. The smallest absolute Gasteiger partial charge is 0.225 e. The van der Waals surface area contributed by atoms with Crippen molar-refractivity contribution in [3.63, 3.8) is 0 Å². The summed E-state index contributed by atoms with van der Waals surface area (Å²) in [6.45, 7) is 5.48. The maximum atomic E-state index is 12.8. The van der Waals surface area contributed by atoms with Crippen LogP contribution in [0.5, 0.6) is 0 Å². The number of carbonyl (C=O) groups excluding carboxylic acids is 2. The van der Waals surface area contributed by atoms with Crippen LogP contribution in [0.1, 0.15) is 65.2 Å². The van der Waals surface area contributed by atoms with Crippen LogP contribution in [0.4, 0.5) is 0 Å². The van der Waals surface area contributed by atoms with Crippen molar-refractivity contribution in [2.75, 3.05) is 13.1 Å². The van der Waals surface area contributed by atoms with Crippen LogP contribution in [0.2, 0.25) is 0 Å². The van der Waals surface area contributed by atoms with Gasteiger partial charge in [0.2, 0.25) is 11.8 Å². The van der Waals surface area contributed by atoms with Crippen LogP contribution in [-0.4, -0.2) is 35.8 Å². The Balaban J connectivity index is 1.73. The molecule has 1 atom stereocenters. The van der Waals surface area contributed by atoms with Crippen LogP contribution in [0.15, 0.2) is 0 Å². The fourth-order valence-electron chi connectivity index (χ4n) is 4.90. The summed E-state index contributed by atoms with van der Waals surface area (Å²) < 4.78 is 0.